The number of hydrogen-bond donors (Lipinski definition) is 0. The molecule has 3 nitrogen and oxygen atoms in total. The molecule has 2 saturated heterocycles. The lowest BCUT2D eigenvalue weighted by atomic mass is 9.84. The molecule has 110 valence electrons. The molecule has 0 bridgehead atoms. The molecule has 3 heterocycles. The SMILES string of the molecule is Cc1nc(N2CCC3C(CCCN3C)C2)ccc1CCl. The third kappa shape index (κ3) is 2.66. The van der Waals surface area contributed by atoms with E-state index in [1.54, 1.807) is 0 Å². The van der Waals surface area contributed by atoms with Crippen molar-refractivity contribution < 1.29 is 0 Å². The van der Waals surface area contributed by atoms with Crippen LogP contribution in [0.4, 0.5) is 5.82 Å². The number of likely N-dealkylation sites (tertiary alicyclic amines) is 1. The second-order valence-electron chi connectivity index (χ2n) is 6.23. The van der Waals surface area contributed by atoms with Crippen LogP contribution in [0.3, 0.4) is 0 Å². The smallest absolute Gasteiger partial charge is 0.128 e. The largest absolute Gasteiger partial charge is 0.356 e. The van der Waals surface area contributed by atoms with Gasteiger partial charge in [-0.3, -0.25) is 0 Å². The van der Waals surface area contributed by atoms with Crippen LogP contribution < -0.4 is 4.90 Å². The van der Waals surface area contributed by atoms with Gasteiger partial charge in [-0.15, -0.1) is 11.6 Å². The van der Waals surface area contributed by atoms with E-state index in [1.165, 1.54) is 25.8 Å². The summed E-state index contributed by atoms with van der Waals surface area (Å²) in [6, 6.07) is 5.05. The number of hydrogen-bond acceptors (Lipinski definition) is 3. The van der Waals surface area contributed by atoms with Gasteiger partial charge in [0.05, 0.1) is 0 Å². The van der Waals surface area contributed by atoms with Gasteiger partial charge in [-0.1, -0.05) is 6.07 Å². The molecule has 0 aromatic carbocycles. The molecule has 2 aliphatic rings. The van der Waals surface area contributed by atoms with Crippen molar-refractivity contribution in [2.75, 3.05) is 31.6 Å². The molecule has 2 fully saturated rings. The predicted molar refractivity (Wildman–Crippen MR) is 84.5 cm³/mol. The fourth-order valence-corrected chi connectivity index (χ4v) is 4.04. The molecule has 2 unspecified atom stereocenters. The van der Waals surface area contributed by atoms with Crippen LogP contribution in [0.25, 0.3) is 0 Å². The Bertz CT molecular complexity index is 477. The van der Waals surface area contributed by atoms with E-state index in [1.807, 2.05) is 0 Å². The molecule has 1 aromatic rings. The fraction of sp³-hybridized carbons (Fsp3) is 0.688. The molecular weight excluding hydrogens is 270 g/mol. The Labute approximate surface area is 126 Å². The normalized spacial score (nSPS) is 27.4. The van der Waals surface area contributed by atoms with Crippen LogP contribution in [0.1, 0.15) is 30.5 Å². The number of piperidine rings is 2. The number of aryl methyl sites for hydroxylation is 1. The highest BCUT2D eigenvalue weighted by molar-refractivity contribution is 6.17. The monoisotopic (exact) mass is 293 g/mol. The minimum absolute atomic E-state index is 0.550. The summed E-state index contributed by atoms with van der Waals surface area (Å²) in [5.41, 5.74) is 2.21. The summed E-state index contributed by atoms with van der Waals surface area (Å²) in [6.45, 7) is 5.60. The molecule has 0 N–H and O–H groups in total. The third-order valence-electron chi connectivity index (χ3n) is 4.99. The van der Waals surface area contributed by atoms with Crippen LogP contribution in [0.15, 0.2) is 12.1 Å². The molecule has 3 rings (SSSR count). The summed E-state index contributed by atoms with van der Waals surface area (Å²) < 4.78 is 0. The number of halogens is 1. The van der Waals surface area contributed by atoms with Crippen molar-refractivity contribution >= 4 is 17.4 Å². The highest BCUT2D eigenvalue weighted by Gasteiger charge is 2.34. The van der Waals surface area contributed by atoms with E-state index in [2.05, 4.69) is 35.9 Å². The fourth-order valence-electron chi connectivity index (χ4n) is 3.75. The van der Waals surface area contributed by atoms with Gasteiger partial charge < -0.3 is 9.80 Å². The number of fused-ring (bicyclic) bond motifs is 1. The van der Waals surface area contributed by atoms with E-state index in [9.17, 15) is 0 Å². The van der Waals surface area contributed by atoms with E-state index in [0.717, 1.165) is 42.1 Å². The molecular formula is C16H24ClN3. The number of rotatable bonds is 2. The van der Waals surface area contributed by atoms with Crippen molar-refractivity contribution in [3.63, 3.8) is 0 Å². The van der Waals surface area contributed by atoms with Crippen molar-refractivity contribution in [1.82, 2.24) is 9.88 Å². The Balaban J connectivity index is 1.74. The Morgan fingerprint density at radius 3 is 2.90 bits per heavy atom. The van der Waals surface area contributed by atoms with Crippen LogP contribution in [0.5, 0.6) is 0 Å². The first-order chi connectivity index (χ1) is 9.69. The molecule has 2 atom stereocenters. The lowest BCUT2D eigenvalue weighted by molar-refractivity contribution is 0.102. The maximum atomic E-state index is 5.92. The highest BCUT2D eigenvalue weighted by Crippen LogP contribution is 2.31. The summed E-state index contributed by atoms with van der Waals surface area (Å²) in [5, 5.41) is 0. The first-order valence-electron chi connectivity index (χ1n) is 7.66. The number of nitrogens with zero attached hydrogens (tertiary/aromatic N) is 3. The number of pyridine rings is 1. The minimum atomic E-state index is 0.550. The Morgan fingerprint density at radius 1 is 1.30 bits per heavy atom. The van der Waals surface area contributed by atoms with Gasteiger partial charge in [-0.05, 0) is 57.3 Å². The zero-order chi connectivity index (χ0) is 14.1. The van der Waals surface area contributed by atoms with Gasteiger partial charge in [-0.25, -0.2) is 4.98 Å². The minimum Gasteiger partial charge on any atom is -0.356 e. The second-order valence-corrected chi connectivity index (χ2v) is 6.50. The quantitative estimate of drug-likeness (QED) is 0.781. The maximum absolute atomic E-state index is 5.92. The number of anilines is 1. The number of alkyl halides is 1. The first kappa shape index (κ1) is 14.2. The van der Waals surface area contributed by atoms with Gasteiger partial charge >= 0.3 is 0 Å². The first-order valence-corrected chi connectivity index (χ1v) is 8.20. The van der Waals surface area contributed by atoms with Crippen molar-refractivity contribution in [3.05, 3.63) is 23.4 Å². The lowest BCUT2D eigenvalue weighted by Crippen LogP contribution is -2.52. The molecule has 0 saturated carbocycles. The Hall–Kier alpha value is -0.800. The van der Waals surface area contributed by atoms with Crippen molar-refractivity contribution in [1.29, 1.82) is 0 Å². The molecule has 2 aliphatic heterocycles. The van der Waals surface area contributed by atoms with E-state index in [4.69, 9.17) is 16.6 Å². The van der Waals surface area contributed by atoms with E-state index in [0.29, 0.717) is 5.88 Å². The van der Waals surface area contributed by atoms with Crippen LogP contribution in [-0.4, -0.2) is 42.6 Å². The van der Waals surface area contributed by atoms with E-state index >= 15 is 0 Å². The zero-order valence-electron chi connectivity index (χ0n) is 12.5. The summed E-state index contributed by atoms with van der Waals surface area (Å²) in [7, 11) is 2.28. The van der Waals surface area contributed by atoms with Gasteiger partial charge in [0.2, 0.25) is 0 Å². The molecule has 0 spiro atoms. The molecule has 0 radical (unpaired) electrons. The molecule has 20 heavy (non-hydrogen) atoms. The Kier molecular flexibility index (Phi) is 4.18. The summed E-state index contributed by atoms with van der Waals surface area (Å²) in [6.07, 6.45) is 3.96. The average molecular weight is 294 g/mol. The summed E-state index contributed by atoms with van der Waals surface area (Å²) in [4.78, 5) is 9.77. The van der Waals surface area contributed by atoms with Crippen molar-refractivity contribution in [3.8, 4) is 0 Å². The van der Waals surface area contributed by atoms with Crippen molar-refractivity contribution in [2.45, 2.75) is 38.1 Å². The van der Waals surface area contributed by atoms with E-state index < -0.39 is 0 Å². The second kappa shape index (κ2) is 5.90. The van der Waals surface area contributed by atoms with Gasteiger partial charge in [-0.2, -0.15) is 0 Å². The van der Waals surface area contributed by atoms with Gasteiger partial charge in [0, 0.05) is 30.7 Å². The predicted octanol–water partition coefficient (Wildman–Crippen LogP) is 3.05. The van der Waals surface area contributed by atoms with Crippen LogP contribution in [0.2, 0.25) is 0 Å². The standard InChI is InChI=1S/C16H24ClN3/c1-12-13(10-17)5-6-16(18-12)20-9-7-15-14(11-20)4-3-8-19(15)2/h5-6,14-15H,3-4,7-11H2,1-2H3. The van der Waals surface area contributed by atoms with E-state index in [-0.39, 0.29) is 0 Å². The maximum Gasteiger partial charge on any atom is 0.128 e. The summed E-state index contributed by atoms with van der Waals surface area (Å²) in [5.74, 6) is 2.48. The molecule has 0 aliphatic carbocycles. The molecule has 4 heteroatoms. The Morgan fingerprint density at radius 2 is 2.15 bits per heavy atom. The average Bonchev–Trinajstić information content (AvgIpc) is 2.47. The summed E-state index contributed by atoms with van der Waals surface area (Å²) >= 11 is 5.92. The zero-order valence-corrected chi connectivity index (χ0v) is 13.2. The van der Waals surface area contributed by atoms with Gasteiger partial charge in [0.15, 0.2) is 0 Å². The lowest BCUT2D eigenvalue weighted by Gasteiger charge is -2.46. The van der Waals surface area contributed by atoms with Crippen LogP contribution >= 0.6 is 11.6 Å². The highest BCUT2D eigenvalue weighted by atomic mass is 35.5. The van der Waals surface area contributed by atoms with Gasteiger partial charge in [0.1, 0.15) is 5.82 Å². The topological polar surface area (TPSA) is 19.4 Å². The van der Waals surface area contributed by atoms with Gasteiger partial charge in [0.25, 0.3) is 0 Å². The molecule has 0 amide bonds. The van der Waals surface area contributed by atoms with Crippen molar-refractivity contribution in [2.24, 2.45) is 5.92 Å². The van der Waals surface area contributed by atoms with Crippen LogP contribution in [0, 0.1) is 12.8 Å². The molecule has 1 aromatic heterocycles. The third-order valence-corrected chi connectivity index (χ3v) is 5.28. The number of aromatic nitrogens is 1. The van der Waals surface area contributed by atoms with Crippen LogP contribution in [-0.2, 0) is 5.88 Å².